The number of rotatable bonds is 6. The fraction of sp³-hybridized carbons (Fsp3) is 0.235. The Labute approximate surface area is 119 Å². The lowest BCUT2D eigenvalue weighted by Gasteiger charge is -2.12. The second-order valence-corrected chi connectivity index (χ2v) is 4.62. The summed E-state index contributed by atoms with van der Waals surface area (Å²) in [5.41, 5.74) is 2.15. The van der Waals surface area contributed by atoms with E-state index in [0.29, 0.717) is 6.54 Å². The molecule has 0 unspecified atom stereocenters. The van der Waals surface area contributed by atoms with E-state index in [0.717, 1.165) is 29.8 Å². The maximum atomic E-state index is 12.0. The molecule has 3 heteroatoms. The van der Waals surface area contributed by atoms with E-state index in [1.54, 1.807) is 13.2 Å². The normalized spacial score (nSPS) is 10.2. The van der Waals surface area contributed by atoms with Crippen molar-refractivity contribution in [2.45, 2.75) is 19.4 Å². The number of benzene rings is 1. The van der Waals surface area contributed by atoms with Crippen LogP contribution in [0.2, 0.25) is 0 Å². The first kappa shape index (κ1) is 14.1. The molecule has 1 aromatic heterocycles. The van der Waals surface area contributed by atoms with E-state index >= 15 is 0 Å². The van der Waals surface area contributed by atoms with E-state index in [4.69, 9.17) is 4.74 Å². The van der Waals surface area contributed by atoms with Gasteiger partial charge in [0.1, 0.15) is 5.75 Å². The first-order valence-electron chi connectivity index (χ1n) is 6.67. The van der Waals surface area contributed by atoms with Crippen molar-refractivity contribution < 1.29 is 4.74 Å². The second kappa shape index (κ2) is 6.75. The van der Waals surface area contributed by atoms with Gasteiger partial charge in [-0.05, 0) is 36.6 Å². The number of aryl methyl sites for hydroxylation is 1. The van der Waals surface area contributed by atoms with Gasteiger partial charge in [-0.25, -0.2) is 0 Å². The first-order valence-corrected chi connectivity index (χ1v) is 6.67. The smallest absolute Gasteiger partial charge is 0.251 e. The maximum absolute atomic E-state index is 12.0. The van der Waals surface area contributed by atoms with Gasteiger partial charge in [0, 0.05) is 11.8 Å². The van der Waals surface area contributed by atoms with Crippen molar-refractivity contribution in [2.75, 3.05) is 7.11 Å². The van der Waals surface area contributed by atoms with Crippen molar-refractivity contribution in [1.82, 2.24) is 4.57 Å². The van der Waals surface area contributed by atoms with Crippen LogP contribution in [-0.2, 0) is 13.0 Å². The summed E-state index contributed by atoms with van der Waals surface area (Å²) >= 11 is 0. The van der Waals surface area contributed by atoms with Crippen molar-refractivity contribution >= 4 is 0 Å². The minimum atomic E-state index is 0.0300. The molecule has 0 bridgehead atoms. The number of methoxy groups -OCH3 is 1. The van der Waals surface area contributed by atoms with Crippen LogP contribution in [0.15, 0.2) is 59.9 Å². The Morgan fingerprint density at radius 3 is 2.60 bits per heavy atom. The summed E-state index contributed by atoms with van der Waals surface area (Å²) in [4.78, 5) is 12.0. The van der Waals surface area contributed by atoms with Gasteiger partial charge in [-0.1, -0.05) is 24.3 Å². The lowest BCUT2D eigenvalue weighted by molar-refractivity contribution is 0.414. The van der Waals surface area contributed by atoms with E-state index in [1.165, 1.54) is 0 Å². The van der Waals surface area contributed by atoms with Gasteiger partial charge in [0.05, 0.1) is 13.7 Å². The highest BCUT2D eigenvalue weighted by atomic mass is 16.5. The lowest BCUT2D eigenvalue weighted by Crippen LogP contribution is -2.23. The number of hydrogen-bond acceptors (Lipinski definition) is 2. The lowest BCUT2D eigenvalue weighted by atomic mass is 10.1. The molecular weight excluding hydrogens is 250 g/mol. The molecule has 0 aliphatic rings. The molecule has 0 amide bonds. The number of aromatic nitrogens is 1. The van der Waals surface area contributed by atoms with Gasteiger partial charge in [0.2, 0.25) is 0 Å². The fourth-order valence-corrected chi connectivity index (χ4v) is 2.12. The van der Waals surface area contributed by atoms with Crippen molar-refractivity contribution in [1.29, 1.82) is 0 Å². The van der Waals surface area contributed by atoms with Crippen LogP contribution in [0.4, 0.5) is 0 Å². The van der Waals surface area contributed by atoms with Crippen molar-refractivity contribution in [3.05, 3.63) is 76.7 Å². The van der Waals surface area contributed by atoms with Crippen molar-refractivity contribution in [3.63, 3.8) is 0 Å². The third-order valence-electron chi connectivity index (χ3n) is 3.24. The summed E-state index contributed by atoms with van der Waals surface area (Å²) < 4.78 is 6.95. The van der Waals surface area contributed by atoms with Crippen LogP contribution >= 0.6 is 0 Å². The predicted octanol–water partition coefficient (Wildman–Crippen LogP) is 3.02. The molecule has 0 fully saturated rings. The molecule has 0 aliphatic carbocycles. The van der Waals surface area contributed by atoms with E-state index in [2.05, 4.69) is 6.58 Å². The van der Waals surface area contributed by atoms with Gasteiger partial charge in [-0.2, -0.15) is 0 Å². The van der Waals surface area contributed by atoms with Gasteiger partial charge < -0.3 is 9.30 Å². The predicted molar refractivity (Wildman–Crippen MR) is 81.3 cm³/mol. The van der Waals surface area contributed by atoms with E-state index in [9.17, 15) is 4.79 Å². The highest BCUT2D eigenvalue weighted by Crippen LogP contribution is 2.13. The zero-order chi connectivity index (χ0) is 14.4. The average Bonchev–Trinajstić information content (AvgIpc) is 2.48. The molecule has 0 saturated heterocycles. The third kappa shape index (κ3) is 3.38. The largest absolute Gasteiger partial charge is 0.497 e. The summed E-state index contributed by atoms with van der Waals surface area (Å²) in [6, 6.07) is 13.2. The zero-order valence-electron chi connectivity index (χ0n) is 11.7. The minimum Gasteiger partial charge on any atom is -0.497 e. The molecular formula is C17H19NO2. The van der Waals surface area contributed by atoms with Crippen LogP contribution in [0.25, 0.3) is 0 Å². The van der Waals surface area contributed by atoms with Gasteiger partial charge in [-0.15, -0.1) is 6.58 Å². The number of hydrogen-bond donors (Lipinski definition) is 0. The standard InChI is InChI=1S/C17H19NO2/c1-3-4-6-15-7-5-8-17(19)18(15)13-14-9-11-16(20-2)12-10-14/h3,5,7-12H,1,4,6,13H2,2H3. The Balaban J connectivity index is 2.26. The van der Waals surface area contributed by atoms with Crippen LogP contribution in [0.3, 0.4) is 0 Å². The molecule has 3 nitrogen and oxygen atoms in total. The number of pyridine rings is 1. The minimum absolute atomic E-state index is 0.0300. The van der Waals surface area contributed by atoms with Gasteiger partial charge in [-0.3, -0.25) is 4.79 Å². The summed E-state index contributed by atoms with van der Waals surface area (Å²) in [6.45, 7) is 4.31. The molecule has 2 aromatic rings. The number of nitrogens with zero attached hydrogens (tertiary/aromatic N) is 1. The van der Waals surface area contributed by atoms with E-state index in [1.807, 2.05) is 47.0 Å². The topological polar surface area (TPSA) is 31.2 Å². The Morgan fingerprint density at radius 1 is 1.20 bits per heavy atom. The fourth-order valence-electron chi connectivity index (χ4n) is 2.12. The van der Waals surface area contributed by atoms with E-state index < -0.39 is 0 Å². The summed E-state index contributed by atoms with van der Waals surface area (Å²) in [5.74, 6) is 0.820. The molecule has 0 saturated carbocycles. The summed E-state index contributed by atoms with van der Waals surface area (Å²) in [7, 11) is 1.64. The van der Waals surface area contributed by atoms with Gasteiger partial charge >= 0.3 is 0 Å². The van der Waals surface area contributed by atoms with Gasteiger partial charge in [0.25, 0.3) is 5.56 Å². The second-order valence-electron chi connectivity index (χ2n) is 4.62. The molecule has 104 valence electrons. The monoisotopic (exact) mass is 269 g/mol. The molecule has 20 heavy (non-hydrogen) atoms. The summed E-state index contributed by atoms with van der Waals surface area (Å²) in [6.07, 6.45) is 3.57. The van der Waals surface area contributed by atoms with Crippen LogP contribution in [0.1, 0.15) is 17.7 Å². The molecule has 2 rings (SSSR count). The Kier molecular flexibility index (Phi) is 4.77. The molecule has 1 heterocycles. The van der Waals surface area contributed by atoms with E-state index in [-0.39, 0.29) is 5.56 Å². The first-order chi connectivity index (χ1) is 9.74. The summed E-state index contributed by atoms with van der Waals surface area (Å²) in [5, 5.41) is 0. The average molecular weight is 269 g/mol. The Morgan fingerprint density at radius 2 is 1.95 bits per heavy atom. The molecule has 0 radical (unpaired) electrons. The Hall–Kier alpha value is -2.29. The number of ether oxygens (including phenoxy) is 1. The highest BCUT2D eigenvalue weighted by Gasteiger charge is 2.04. The zero-order valence-corrected chi connectivity index (χ0v) is 11.7. The number of allylic oxidation sites excluding steroid dienone is 1. The molecule has 0 spiro atoms. The molecule has 0 aliphatic heterocycles. The van der Waals surface area contributed by atoms with Gasteiger partial charge in [0.15, 0.2) is 0 Å². The highest BCUT2D eigenvalue weighted by molar-refractivity contribution is 5.27. The van der Waals surface area contributed by atoms with Crippen LogP contribution in [0.5, 0.6) is 5.75 Å². The van der Waals surface area contributed by atoms with Crippen LogP contribution in [0, 0.1) is 0 Å². The SMILES string of the molecule is C=CCCc1cccc(=O)n1Cc1ccc(OC)cc1. The van der Waals surface area contributed by atoms with Crippen LogP contribution in [-0.4, -0.2) is 11.7 Å². The van der Waals surface area contributed by atoms with Crippen molar-refractivity contribution in [3.8, 4) is 5.75 Å². The quantitative estimate of drug-likeness (QED) is 0.755. The van der Waals surface area contributed by atoms with Crippen LogP contribution < -0.4 is 10.3 Å². The maximum Gasteiger partial charge on any atom is 0.251 e. The third-order valence-corrected chi connectivity index (χ3v) is 3.24. The Bertz CT molecular complexity index is 626. The molecule has 1 aromatic carbocycles. The molecule has 0 atom stereocenters. The van der Waals surface area contributed by atoms with Crippen molar-refractivity contribution in [2.24, 2.45) is 0 Å². The molecule has 0 N–H and O–H groups in total.